The molecule has 0 aromatic heterocycles. The van der Waals surface area contributed by atoms with Gasteiger partial charge in [0.2, 0.25) is 0 Å². The molecule has 0 bridgehead atoms. The molecule has 0 amide bonds. The van der Waals surface area contributed by atoms with Crippen LogP contribution < -0.4 is 4.74 Å². The first-order valence-electron chi connectivity index (χ1n) is 8.45. The maximum absolute atomic E-state index is 10.2. The van der Waals surface area contributed by atoms with E-state index in [9.17, 15) is 5.11 Å². The zero-order chi connectivity index (χ0) is 16.5. The number of benzene rings is 1. The van der Waals surface area contributed by atoms with Gasteiger partial charge in [0.25, 0.3) is 0 Å². The van der Waals surface area contributed by atoms with Crippen molar-refractivity contribution in [3.63, 3.8) is 0 Å². The average molecular weight is 302 g/mol. The molecule has 1 atom stereocenters. The highest BCUT2D eigenvalue weighted by molar-refractivity contribution is 5.58. The Hall–Kier alpha value is -1.44. The number of phenols is 1. The Morgan fingerprint density at radius 1 is 1.23 bits per heavy atom. The summed E-state index contributed by atoms with van der Waals surface area (Å²) in [4.78, 5) is 0. The Balaban J connectivity index is 2.24. The topological polar surface area (TPSA) is 29.5 Å². The van der Waals surface area contributed by atoms with Crippen LogP contribution in [0.3, 0.4) is 0 Å². The summed E-state index contributed by atoms with van der Waals surface area (Å²) >= 11 is 0. The lowest BCUT2D eigenvalue weighted by molar-refractivity contribution is 0.0558. The number of hydrogen-bond acceptors (Lipinski definition) is 2. The summed E-state index contributed by atoms with van der Waals surface area (Å²) in [6, 6.07) is 0. The van der Waals surface area contributed by atoms with Crippen LogP contribution in [0.5, 0.6) is 11.5 Å². The lowest BCUT2D eigenvalue weighted by Crippen LogP contribution is -2.37. The molecule has 2 heteroatoms. The summed E-state index contributed by atoms with van der Waals surface area (Å²) in [6.07, 6.45) is 7.58. The van der Waals surface area contributed by atoms with Crippen molar-refractivity contribution in [2.45, 2.75) is 79.2 Å². The monoisotopic (exact) mass is 302 g/mol. The molecule has 2 rings (SSSR count). The zero-order valence-electron chi connectivity index (χ0n) is 15.0. The number of hydrogen-bond donors (Lipinski definition) is 1. The molecule has 0 saturated carbocycles. The second-order valence-electron chi connectivity index (χ2n) is 7.03. The minimum absolute atomic E-state index is 0.0991. The normalized spacial score (nSPS) is 21.5. The lowest BCUT2D eigenvalue weighted by Gasteiger charge is -2.38. The molecule has 1 aromatic rings. The van der Waals surface area contributed by atoms with Crippen LogP contribution in [-0.4, -0.2) is 10.7 Å². The summed E-state index contributed by atoms with van der Waals surface area (Å²) < 4.78 is 6.44. The van der Waals surface area contributed by atoms with Gasteiger partial charge in [-0.15, -0.1) is 0 Å². The number of ether oxygens (including phenoxy) is 1. The van der Waals surface area contributed by atoms with Crippen LogP contribution >= 0.6 is 0 Å². The van der Waals surface area contributed by atoms with Gasteiger partial charge in [0, 0.05) is 5.56 Å². The molecule has 0 aliphatic carbocycles. The molecule has 1 heterocycles. The highest BCUT2D eigenvalue weighted by Crippen LogP contribution is 2.44. The zero-order valence-corrected chi connectivity index (χ0v) is 15.0. The van der Waals surface area contributed by atoms with E-state index in [1.807, 2.05) is 13.8 Å². The van der Waals surface area contributed by atoms with E-state index in [4.69, 9.17) is 4.74 Å². The minimum atomic E-state index is -0.0991. The average Bonchev–Trinajstić information content (AvgIpc) is 2.50. The second-order valence-corrected chi connectivity index (χ2v) is 7.03. The van der Waals surface area contributed by atoms with Crippen LogP contribution in [0.15, 0.2) is 11.6 Å². The maximum atomic E-state index is 10.2. The first-order valence-corrected chi connectivity index (χ1v) is 8.45. The van der Waals surface area contributed by atoms with E-state index >= 15 is 0 Å². The van der Waals surface area contributed by atoms with Crippen LogP contribution in [0.1, 0.15) is 68.7 Å². The Morgan fingerprint density at radius 2 is 1.91 bits per heavy atom. The Labute approximate surface area is 135 Å². The van der Waals surface area contributed by atoms with Gasteiger partial charge in [0.1, 0.15) is 17.1 Å². The number of aromatic hydroxyl groups is 1. The molecule has 0 saturated heterocycles. The van der Waals surface area contributed by atoms with Gasteiger partial charge in [-0.1, -0.05) is 18.6 Å². The SMILES string of the molecule is CC/C(C)=C/CC[C@]1(C)CCc2c(C)c(O)c(C)c(C)c2O1. The Morgan fingerprint density at radius 3 is 2.55 bits per heavy atom. The molecule has 1 N–H and O–H groups in total. The highest BCUT2D eigenvalue weighted by Gasteiger charge is 2.33. The molecule has 0 spiro atoms. The molecule has 0 unspecified atom stereocenters. The van der Waals surface area contributed by atoms with Gasteiger partial charge in [-0.25, -0.2) is 0 Å². The van der Waals surface area contributed by atoms with Crippen molar-refractivity contribution in [3.8, 4) is 11.5 Å². The van der Waals surface area contributed by atoms with Crippen molar-refractivity contribution in [3.05, 3.63) is 33.9 Å². The van der Waals surface area contributed by atoms with Gasteiger partial charge in [-0.3, -0.25) is 0 Å². The Bertz CT molecular complexity index is 598. The van der Waals surface area contributed by atoms with E-state index in [-0.39, 0.29) is 5.60 Å². The summed E-state index contributed by atoms with van der Waals surface area (Å²) in [5.41, 5.74) is 5.57. The summed E-state index contributed by atoms with van der Waals surface area (Å²) in [5.74, 6) is 1.45. The maximum Gasteiger partial charge on any atom is 0.127 e. The molecule has 2 nitrogen and oxygen atoms in total. The van der Waals surface area contributed by atoms with Crippen LogP contribution in [-0.2, 0) is 6.42 Å². The third kappa shape index (κ3) is 3.16. The van der Waals surface area contributed by atoms with Crippen molar-refractivity contribution in [1.82, 2.24) is 0 Å². The summed E-state index contributed by atoms with van der Waals surface area (Å²) in [6.45, 7) is 12.6. The van der Waals surface area contributed by atoms with Crippen molar-refractivity contribution < 1.29 is 9.84 Å². The van der Waals surface area contributed by atoms with E-state index in [2.05, 4.69) is 33.8 Å². The fourth-order valence-corrected chi connectivity index (χ4v) is 3.24. The van der Waals surface area contributed by atoms with Gasteiger partial charge >= 0.3 is 0 Å². The fourth-order valence-electron chi connectivity index (χ4n) is 3.24. The van der Waals surface area contributed by atoms with Gasteiger partial charge in [-0.2, -0.15) is 0 Å². The molecule has 0 radical (unpaired) electrons. The van der Waals surface area contributed by atoms with Gasteiger partial charge < -0.3 is 9.84 Å². The molecule has 122 valence electrons. The molecular formula is C20H30O2. The number of rotatable bonds is 4. The first-order chi connectivity index (χ1) is 10.3. The first kappa shape index (κ1) is 16.9. The standard InChI is InChI=1S/C20H30O2/c1-7-13(2)9-8-11-20(6)12-10-17-16(5)18(21)14(3)15(4)19(17)22-20/h9,21H,7-8,10-12H2,1-6H3/b13-9+/t20-/m1/s1. The van der Waals surface area contributed by atoms with E-state index < -0.39 is 0 Å². The van der Waals surface area contributed by atoms with Crippen LogP contribution in [0, 0.1) is 20.8 Å². The van der Waals surface area contributed by atoms with Crippen molar-refractivity contribution >= 4 is 0 Å². The molecule has 1 aliphatic rings. The summed E-state index contributed by atoms with van der Waals surface area (Å²) in [7, 11) is 0. The van der Waals surface area contributed by atoms with Crippen LogP contribution in [0.4, 0.5) is 0 Å². The summed E-state index contributed by atoms with van der Waals surface area (Å²) in [5, 5.41) is 10.2. The van der Waals surface area contributed by atoms with Crippen molar-refractivity contribution in [2.24, 2.45) is 0 Å². The van der Waals surface area contributed by atoms with Crippen LogP contribution in [0.2, 0.25) is 0 Å². The molecule has 22 heavy (non-hydrogen) atoms. The smallest absolute Gasteiger partial charge is 0.127 e. The van der Waals surface area contributed by atoms with Crippen molar-refractivity contribution in [2.75, 3.05) is 0 Å². The van der Waals surface area contributed by atoms with Crippen molar-refractivity contribution in [1.29, 1.82) is 0 Å². The fraction of sp³-hybridized carbons (Fsp3) is 0.600. The number of allylic oxidation sites excluding steroid dienone is 2. The lowest BCUT2D eigenvalue weighted by atomic mass is 9.85. The van der Waals surface area contributed by atoms with Gasteiger partial charge in [0.15, 0.2) is 0 Å². The predicted octanol–water partition coefficient (Wildman–Crippen LogP) is 5.54. The highest BCUT2D eigenvalue weighted by atomic mass is 16.5. The second kappa shape index (κ2) is 6.36. The third-order valence-electron chi connectivity index (χ3n) is 5.32. The number of fused-ring (bicyclic) bond motifs is 1. The van der Waals surface area contributed by atoms with E-state index in [0.717, 1.165) is 54.5 Å². The Kier molecular flexibility index (Phi) is 4.89. The number of phenolic OH excluding ortho intramolecular Hbond substituents is 1. The predicted molar refractivity (Wildman–Crippen MR) is 93.0 cm³/mol. The molecule has 0 fully saturated rings. The van der Waals surface area contributed by atoms with E-state index in [1.165, 1.54) is 11.1 Å². The van der Waals surface area contributed by atoms with Crippen LogP contribution in [0.25, 0.3) is 0 Å². The molecule has 1 aromatic carbocycles. The largest absolute Gasteiger partial charge is 0.507 e. The molecular weight excluding hydrogens is 272 g/mol. The molecule has 1 aliphatic heterocycles. The third-order valence-corrected chi connectivity index (χ3v) is 5.32. The quantitative estimate of drug-likeness (QED) is 0.740. The van der Waals surface area contributed by atoms with E-state index in [1.54, 1.807) is 0 Å². The van der Waals surface area contributed by atoms with E-state index in [0.29, 0.717) is 5.75 Å². The minimum Gasteiger partial charge on any atom is -0.507 e. The van der Waals surface area contributed by atoms with Gasteiger partial charge in [0.05, 0.1) is 0 Å². The van der Waals surface area contributed by atoms with Gasteiger partial charge in [-0.05, 0) is 83.4 Å².